The summed E-state index contributed by atoms with van der Waals surface area (Å²) < 4.78 is 4.82. The van der Waals surface area contributed by atoms with E-state index in [1.165, 1.54) is 0 Å². The molecule has 0 aliphatic rings. The van der Waals surface area contributed by atoms with E-state index in [9.17, 15) is 9.59 Å². The first kappa shape index (κ1) is 15.2. The second-order valence-corrected chi connectivity index (χ2v) is 4.36. The third kappa shape index (κ3) is 6.04. The van der Waals surface area contributed by atoms with Gasteiger partial charge in [-0.25, -0.2) is 0 Å². The molecule has 0 aliphatic heterocycles. The Morgan fingerprint density at radius 2 is 1.84 bits per heavy atom. The van der Waals surface area contributed by atoms with E-state index in [0.29, 0.717) is 19.6 Å². The highest BCUT2D eigenvalue weighted by Gasteiger charge is 2.11. The molecule has 0 fully saturated rings. The zero-order valence-electron chi connectivity index (χ0n) is 11.6. The predicted octanol–water partition coefficient (Wildman–Crippen LogP) is 2.03. The minimum Gasteiger partial charge on any atom is -0.466 e. The zero-order valence-corrected chi connectivity index (χ0v) is 11.6. The quantitative estimate of drug-likeness (QED) is 0.707. The fraction of sp³-hybridized carbons (Fsp3) is 0.467. The van der Waals surface area contributed by atoms with Gasteiger partial charge in [-0.15, -0.1) is 0 Å². The molecule has 0 spiro atoms. The third-order valence-electron chi connectivity index (χ3n) is 2.85. The number of hydrogen-bond acceptors (Lipinski definition) is 3. The lowest BCUT2D eigenvalue weighted by molar-refractivity contribution is -0.143. The highest BCUT2D eigenvalue weighted by Crippen LogP contribution is 2.04. The van der Waals surface area contributed by atoms with Crippen LogP contribution in [0.5, 0.6) is 0 Å². The second kappa shape index (κ2) is 8.29. The van der Waals surface area contributed by atoms with Gasteiger partial charge in [-0.1, -0.05) is 30.3 Å². The Balaban J connectivity index is 2.27. The number of amides is 1. The summed E-state index contributed by atoms with van der Waals surface area (Å²) in [7, 11) is 1.71. The molecule has 0 aliphatic carbocycles. The Kier molecular flexibility index (Phi) is 6.64. The molecular formula is C15H21NO3. The Morgan fingerprint density at radius 3 is 2.47 bits per heavy atom. The van der Waals surface area contributed by atoms with E-state index < -0.39 is 0 Å². The van der Waals surface area contributed by atoms with Crippen molar-refractivity contribution in [3.05, 3.63) is 35.9 Å². The number of aryl methyl sites for hydroxylation is 1. The highest BCUT2D eigenvalue weighted by atomic mass is 16.5. The van der Waals surface area contributed by atoms with Gasteiger partial charge >= 0.3 is 5.97 Å². The van der Waals surface area contributed by atoms with Crippen molar-refractivity contribution >= 4 is 11.9 Å². The topological polar surface area (TPSA) is 46.6 Å². The smallest absolute Gasteiger partial charge is 0.307 e. The van der Waals surface area contributed by atoms with Crippen molar-refractivity contribution in [3.63, 3.8) is 0 Å². The van der Waals surface area contributed by atoms with Crippen LogP contribution in [0.25, 0.3) is 0 Å². The van der Waals surface area contributed by atoms with Crippen LogP contribution in [0.4, 0.5) is 0 Å². The molecule has 1 amide bonds. The molecule has 4 nitrogen and oxygen atoms in total. The van der Waals surface area contributed by atoms with E-state index >= 15 is 0 Å². The van der Waals surface area contributed by atoms with E-state index in [4.69, 9.17) is 4.74 Å². The minimum absolute atomic E-state index is 0.0492. The minimum atomic E-state index is -0.259. The van der Waals surface area contributed by atoms with Crippen LogP contribution in [-0.2, 0) is 20.7 Å². The summed E-state index contributed by atoms with van der Waals surface area (Å²) >= 11 is 0. The van der Waals surface area contributed by atoms with Gasteiger partial charge in [0.25, 0.3) is 0 Å². The zero-order chi connectivity index (χ0) is 14.1. The Hall–Kier alpha value is -1.84. The monoisotopic (exact) mass is 263 g/mol. The fourth-order valence-electron chi connectivity index (χ4n) is 1.70. The van der Waals surface area contributed by atoms with Gasteiger partial charge in [-0.3, -0.25) is 9.59 Å². The summed E-state index contributed by atoms with van der Waals surface area (Å²) in [6.45, 7) is 2.56. The number of esters is 1. The molecule has 1 aromatic carbocycles. The van der Waals surface area contributed by atoms with Crippen molar-refractivity contribution in [2.75, 3.05) is 20.2 Å². The van der Waals surface area contributed by atoms with E-state index in [1.54, 1.807) is 18.9 Å². The largest absolute Gasteiger partial charge is 0.466 e. The van der Waals surface area contributed by atoms with Crippen LogP contribution >= 0.6 is 0 Å². The lowest BCUT2D eigenvalue weighted by atomic mass is 10.1. The lowest BCUT2D eigenvalue weighted by Gasteiger charge is -2.16. The van der Waals surface area contributed by atoms with Crippen molar-refractivity contribution in [2.24, 2.45) is 0 Å². The normalized spacial score (nSPS) is 10.0. The predicted molar refractivity (Wildman–Crippen MR) is 73.7 cm³/mol. The van der Waals surface area contributed by atoms with Crippen molar-refractivity contribution in [2.45, 2.75) is 26.2 Å². The number of carbonyl (C=O) groups excluding carboxylic acids is 2. The number of carbonyl (C=O) groups is 2. The van der Waals surface area contributed by atoms with Crippen molar-refractivity contribution < 1.29 is 14.3 Å². The van der Waals surface area contributed by atoms with Gasteiger partial charge < -0.3 is 9.64 Å². The van der Waals surface area contributed by atoms with Gasteiger partial charge in [-0.05, 0) is 18.9 Å². The van der Waals surface area contributed by atoms with Gasteiger partial charge in [0.05, 0.1) is 13.0 Å². The number of nitrogens with zero attached hydrogens (tertiary/aromatic N) is 1. The number of benzene rings is 1. The first-order valence-corrected chi connectivity index (χ1v) is 6.57. The maximum absolute atomic E-state index is 11.9. The summed E-state index contributed by atoms with van der Waals surface area (Å²) in [5.41, 5.74) is 1.15. The van der Waals surface area contributed by atoms with Crippen molar-refractivity contribution in [3.8, 4) is 0 Å². The maximum atomic E-state index is 11.9. The summed E-state index contributed by atoms with van der Waals surface area (Å²) in [4.78, 5) is 24.6. The average molecular weight is 263 g/mol. The Bertz CT molecular complexity index is 403. The molecule has 0 atom stereocenters. The average Bonchev–Trinajstić information content (AvgIpc) is 2.43. The van der Waals surface area contributed by atoms with Crippen LogP contribution < -0.4 is 0 Å². The molecule has 0 N–H and O–H groups in total. The van der Waals surface area contributed by atoms with Crippen molar-refractivity contribution in [1.29, 1.82) is 0 Å². The van der Waals surface area contributed by atoms with Crippen LogP contribution in [0.3, 0.4) is 0 Å². The number of rotatable bonds is 7. The third-order valence-corrected chi connectivity index (χ3v) is 2.85. The van der Waals surface area contributed by atoms with E-state index in [0.717, 1.165) is 12.0 Å². The van der Waals surface area contributed by atoms with Crippen LogP contribution in [-0.4, -0.2) is 37.0 Å². The van der Waals surface area contributed by atoms with Crippen molar-refractivity contribution in [1.82, 2.24) is 4.90 Å². The van der Waals surface area contributed by atoms with Gasteiger partial charge in [0.15, 0.2) is 0 Å². The molecular weight excluding hydrogens is 242 g/mol. The summed E-state index contributed by atoms with van der Waals surface area (Å²) in [5.74, 6) is -0.210. The molecule has 19 heavy (non-hydrogen) atoms. The SMILES string of the molecule is CCOC(=O)CCN(C)C(=O)CCc1ccccc1. The maximum Gasteiger partial charge on any atom is 0.307 e. The van der Waals surface area contributed by atoms with Gasteiger partial charge in [-0.2, -0.15) is 0 Å². The van der Waals surface area contributed by atoms with Crippen LogP contribution in [0, 0.1) is 0 Å². The standard InChI is InChI=1S/C15H21NO3/c1-3-19-15(18)11-12-16(2)14(17)10-9-13-7-5-4-6-8-13/h4-8H,3,9-12H2,1-2H3. The van der Waals surface area contributed by atoms with Crippen LogP contribution in [0.1, 0.15) is 25.3 Å². The molecule has 1 aromatic rings. The van der Waals surface area contributed by atoms with E-state index in [-0.39, 0.29) is 18.3 Å². The second-order valence-electron chi connectivity index (χ2n) is 4.36. The molecule has 0 aromatic heterocycles. The lowest BCUT2D eigenvalue weighted by Crippen LogP contribution is -2.29. The Morgan fingerprint density at radius 1 is 1.16 bits per heavy atom. The molecule has 1 rings (SSSR count). The van der Waals surface area contributed by atoms with E-state index in [1.807, 2.05) is 30.3 Å². The van der Waals surface area contributed by atoms with Gasteiger partial charge in [0.1, 0.15) is 0 Å². The molecule has 0 unspecified atom stereocenters. The molecule has 0 radical (unpaired) electrons. The first-order chi connectivity index (χ1) is 9.13. The summed E-state index contributed by atoms with van der Waals surface area (Å²) in [5, 5.41) is 0. The number of hydrogen-bond donors (Lipinski definition) is 0. The first-order valence-electron chi connectivity index (χ1n) is 6.57. The summed E-state index contributed by atoms with van der Waals surface area (Å²) in [6.07, 6.45) is 1.44. The number of ether oxygens (including phenoxy) is 1. The molecule has 104 valence electrons. The van der Waals surface area contributed by atoms with Crippen LogP contribution in [0.15, 0.2) is 30.3 Å². The fourth-order valence-corrected chi connectivity index (χ4v) is 1.70. The van der Waals surface area contributed by atoms with Crippen LogP contribution in [0.2, 0.25) is 0 Å². The molecule has 0 heterocycles. The van der Waals surface area contributed by atoms with Gasteiger partial charge in [0, 0.05) is 20.0 Å². The summed E-state index contributed by atoms with van der Waals surface area (Å²) in [6, 6.07) is 9.89. The molecule has 0 saturated carbocycles. The molecule has 4 heteroatoms. The highest BCUT2D eigenvalue weighted by molar-refractivity contribution is 5.77. The Labute approximate surface area is 114 Å². The van der Waals surface area contributed by atoms with E-state index in [2.05, 4.69) is 0 Å². The van der Waals surface area contributed by atoms with Gasteiger partial charge in [0.2, 0.25) is 5.91 Å². The molecule has 0 saturated heterocycles. The molecule has 0 bridgehead atoms.